The van der Waals surface area contributed by atoms with Crippen LogP contribution in [0.2, 0.25) is 0 Å². The number of aliphatic hydroxyl groups excluding tert-OH is 1. The summed E-state index contributed by atoms with van der Waals surface area (Å²) in [7, 11) is 0. The van der Waals surface area contributed by atoms with Crippen molar-refractivity contribution in [1.29, 1.82) is 0 Å². The fourth-order valence-corrected chi connectivity index (χ4v) is 5.09. The topological polar surface area (TPSA) is 103 Å². The zero-order chi connectivity index (χ0) is 23.3. The van der Waals surface area contributed by atoms with Crippen molar-refractivity contribution in [3.63, 3.8) is 0 Å². The van der Waals surface area contributed by atoms with E-state index in [1.807, 2.05) is 0 Å². The van der Waals surface area contributed by atoms with Crippen molar-refractivity contribution in [1.82, 2.24) is 25.1 Å². The summed E-state index contributed by atoms with van der Waals surface area (Å²) < 4.78 is 5.43. The minimum absolute atomic E-state index is 0.188. The first-order valence-electron chi connectivity index (χ1n) is 12.3. The number of amides is 1. The number of benzene rings is 1. The summed E-state index contributed by atoms with van der Waals surface area (Å²) in [4.78, 5) is 25.7. The zero-order valence-corrected chi connectivity index (χ0v) is 19.5. The van der Waals surface area contributed by atoms with Crippen LogP contribution in [0.3, 0.4) is 0 Å². The van der Waals surface area contributed by atoms with Gasteiger partial charge in [-0.1, -0.05) is 24.3 Å². The van der Waals surface area contributed by atoms with Crippen LogP contribution in [-0.2, 0) is 17.7 Å². The Morgan fingerprint density at radius 1 is 1.15 bits per heavy atom. The third kappa shape index (κ3) is 5.72. The van der Waals surface area contributed by atoms with E-state index in [0.717, 1.165) is 58.7 Å². The lowest BCUT2D eigenvalue weighted by Gasteiger charge is -2.44. The number of fused-ring (bicyclic) bond motifs is 1. The monoisotopic (exact) mass is 466 g/mol. The van der Waals surface area contributed by atoms with Gasteiger partial charge >= 0.3 is 0 Å². The Balaban J connectivity index is 1.05. The van der Waals surface area contributed by atoms with Crippen LogP contribution < -0.4 is 10.6 Å². The first-order chi connectivity index (χ1) is 16.6. The SMILES string of the molecule is O=C(NC[C@H](O)CN1CCc2ccccc2C1)c1cc(N[C@H]2C[C@@H](N3CCOCC3)C2)ncn1. The van der Waals surface area contributed by atoms with Gasteiger partial charge in [-0.25, -0.2) is 9.97 Å². The van der Waals surface area contributed by atoms with Crippen molar-refractivity contribution < 1.29 is 14.6 Å². The number of anilines is 1. The molecule has 1 amide bonds. The number of rotatable bonds is 8. The number of nitrogens with zero attached hydrogens (tertiary/aromatic N) is 4. The molecule has 1 aliphatic carbocycles. The molecule has 2 aromatic rings. The third-order valence-electron chi connectivity index (χ3n) is 7.10. The predicted octanol–water partition coefficient (Wildman–Crippen LogP) is 0.901. The number of aliphatic hydroxyl groups is 1. The molecule has 34 heavy (non-hydrogen) atoms. The summed E-state index contributed by atoms with van der Waals surface area (Å²) in [6.07, 6.45) is 3.90. The number of hydrogen-bond acceptors (Lipinski definition) is 8. The highest BCUT2D eigenvalue weighted by Gasteiger charge is 2.34. The molecule has 2 fully saturated rings. The first kappa shape index (κ1) is 23.2. The maximum Gasteiger partial charge on any atom is 0.270 e. The van der Waals surface area contributed by atoms with Crippen molar-refractivity contribution >= 4 is 11.7 Å². The van der Waals surface area contributed by atoms with E-state index in [9.17, 15) is 9.90 Å². The number of carbonyl (C=O) groups is 1. The summed E-state index contributed by atoms with van der Waals surface area (Å²) >= 11 is 0. The van der Waals surface area contributed by atoms with Gasteiger partial charge in [0.15, 0.2) is 0 Å². The van der Waals surface area contributed by atoms with Crippen LogP contribution in [0.1, 0.15) is 34.5 Å². The third-order valence-corrected chi connectivity index (χ3v) is 7.10. The summed E-state index contributed by atoms with van der Waals surface area (Å²) in [6, 6.07) is 11.1. The maximum absolute atomic E-state index is 12.6. The fraction of sp³-hybridized carbons (Fsp3) is 0.560. The Morgan fingerprint density at radius 2 is 1.94 bits per heavy atom. The van der Waals surface area contributed by atoms with Gasteiger partial charge in [0, 0.05) is 57.4 Å². The summed E-state index contributed by atoms with van der Waals surface area (Å²) in [6.45, 7) is 6.11. The molecule has 3 heterocycles. The molecule has 2 aliphatic heterocycles. The van der Waals surface area contributed by atoms with Gasteiger partial charge in [-0.05, 0) is 30.4 Å². The molecule has 9 heteroatoms. The van der Waals surface area contributed by atoms with E-state index in [4.69, 9.17) is 4.74 Å². The molecule has 3 aliphatic rings. The van der Waals surface area contributed by atoms with Crippen LogP contribution in [0.15, 0.2) is 36.7 Å². The highest BCUT2D eigenvalue weighted by atomic mass is 16.5. The molecule has 5 rings (SSSR count). The largest absolute Gasteiger partial charge is 0.390 e. The smallest absolute Gasteiger partial charge is 0.270 e. The van der Waals surface area contributed by atoms with Crippen LogP contribution in [-0.4, -0.2) is 94.9 Å². The number of ether oxygens (including phenoxy) is 1. The van der Waals surface area contributed by atoms with E-state index in [1.165, 1.54) is 17.5 Å². The lowest BCUT2D eigenvalue weighted by atomic mass is 9.85. The summed E-state index contributed by atoms with van der Waals surface area (Å²) in [5.41, 5.74) is 3.00. The van der Waals surface area contributed by atoms with Crippen LogP contribution in [0.25, 0.3) is 0 Å². The van der Waals surface area contributed by atoms with Gasteiger partial charge in [-0.2, -0.15) is 0 Å². The highest BCUT2D eigenvalue weighted by Crippen LogP contribution is 2.28. The van der Waals surface area contributed by atoms with E-state index < -0.39 is 6.10 Å². The second-order valence-corrected chi connectivity index (χ2v) is 9.52. The van der Waals surface area contributed by atoms with E-state index in [-0.39, 0.29) is 12.5 Å². The van der Waals surface area contributed by atoms with Crippen molar-refractivity contribution in [2.45, 2.75) is 44.0 Å². The van der Waals surface area contributed by atoms with Gasteiger partial charge < -0.3 is 20.5 Å². The molecule has 1 atom stereocenters. The van der Waals surface area contributed by atoms with Gasteiger partial charge in [-0.15, -0.1) is 0 Å². The Morgan fingerprint density at radius 3 is 2.76 bits per heavy atom. The summed E-state index contributed by atoms with van der Waals surface area (Å²) in [5.74, 6) is 0.367. The molecule has 182 valence electrons. The van der Waals surface area contributed by atoms with Gasteiger partial charge in [0.05, 0.1) is 19.3 Å². The van der Waals surface area contributed by atoms with Crippen molar-refractivity contribution in [2.75, 3.05) is 51.3 Å². The van der Waals surface area contributed by atoms with Gasteiger partial charge in [0.2, 0.25) is 0 Å². The predicted molar refractivity (Wildman–Crippen MR) is 129 cm³/mol. The molecule has 0 spiro atoms. The van der Waals surface area contributed by atoms with Gasteiger partial charge in [0.1, 0.15) is 17.8 Å². The molecule has 0 unspecified atom stereocenters. The fourth-order valence-electron chi connectivity index (χ4n) is 5.09. The Hall–Kier alpha value is -2.59. The van der Waals surface area contributed by atoms with Gasteiger partial charge in [0.25, 0.3) is 5.91 Å². The quantitative estimate of drug-likeness (QED) is 0.528. The molecular formula is C25H34N6O3. The zero-order valence-electron chi connectivity index (χ0n) is 19.5. The van der Waals surface area contributed by atoms with Crippen LogP contribution in [0.5, 0.6) is 0 Å². The second kappa shape index (κ2) is 10.8. The van der Waals surface area contributed by atoms with E-state index >= 15 is 0 Å². The molecule has 1 saturated carbocycles. The molecule has 3 N–H and O–H groups in total. The number of hydrogen-bond donors (Lipinski definition) is 3. The number of β-amino-alcohol motifs (C(OH)–C–C–N with tert-alkyl or cyclic N) is 1. The second-order valence-electron chi connectivity index (χ2n) is 9.52. The molecule has 0 radical (unpaired) electrons. The number of morpholine rings is 1. The molecule has 1 saturated heterocycles. The van der Waals surface area contributed by atoms with E-state index in [0.29, 0.717) is 30.1 Å². The standard InChI is InChI=1S/C25H34N6O3/c32-22(16-30-6-5-18-3-1-2-4-19(18)15-30)14-26-25(33)23-13-24(28-17-27-23)29-20-11-21(12-20)31-7-9-34-10-8-31/h1-4,13,17,20-22,32H,5-12,14-16H2,(H,26,33)(H,27,28,29)/t20-,21+,22-/m0/s1. The number of carbonyl (C=O) groups excluding carboxylic acids is 1. The lowest BCUT2D eigenvalue weighted by Crippen LogP contribution is -2.53. The number of nitrogens with one attached hydrogen (secondary N) is 2. The minimum atomic E-state index is -0.638. The average Bonchev–Trinajstić information content (AvgIpc) is 2.85. The first-order valence-corrected chi connectivity index (χ1v) is 12.3. The van der Waals surface area contributed by atoms with Crippen molar-refractivity contribution in [2.24, 2.45) is 0 Å². The van der Waals surface area contributed by atoms with E-state index in [2.05, 4.69) is 54.7 Å². The van der Waals surface area contributed by atoms with Crippen LogP contribution in [0, 0.1) is 0 Å². The van der Waals surface area contributed by atoms with Crippen LogP contribution in [0.4, 0.5) is 5.82 Å². The minimum Gasteiger partial charge on any atom is -0.390 e. The molecule has 9 nitrogen and oxygen atoms in total. The Labute approximate surface area is 200 Å². The van der Waals surface area contributed by atoms with Crippen molar-refractivity contribution in [3.05, 3.63) is 53.5 Å². The Kier molecular flexibility index (Phi) is 7.34. The molecule has 1 aromatic carbocycles. The van der Waals surface area contributed by atoms with E-state index in [1.54, 1.807) is 6.07 Å². The molecule has 1 aromatic heterocycles. The lowest BCUT2D eigenvalue weighted by molar-refractivity contribution is -0.00439. The molecule has 0 bridgehead atoms. The Bertz CT molecular complexity index is 977. The maximum atomic E-state index is 12.6. The highest BCUT2D eigenvalue weighted by molar-refractivity contribution is 5.92. The van der Waals surface area contributed by atoms with Crippen molar-refractivity contribution in [3.8, 4) is 0 Å². The normalized spacial score (nSPS) is 24.0. The van der Waals surface area contributed by atoms with Gasteiger partial charge in [-0.3, -0.25) is 14.6 Å². The number of aromatic nitrogens is 2. The van der Waals surface area contributed by atoms with Crippen LogP contribution >= 0.6 is 0 Å². The average molecular weight is 467 g/mol. The molecular weight excluding hydrogens is 432 g/mol. The summed E-state index contributed by atoms with van der Waals surface area (Å²) in [5, 5.41) is 16.7.